The molecule has 0 saturated heterocycles. The van der Waals surface area contributed by atoms with E-state index >= 15 is 0 Å². The Labute approximate surface area is 98.1 Å². The van der Waals surface area contributed by atoms with Crippen LogP contribution in [0.3, 0.4) is 0 Å². The summed E-state index contributed by atoms with van der Waals surface area (Å²) in [4.78, 5) is 11.5. The third-order valence-electron chi connectivity index (χ3n) is 2.50. The molecule has 1 rings (SSSR count). The van der Waals surface area contributed by atoms with Gasteiger partial charge >= 0.3 is 0 Å². The first-order valence-electron chi connectivity index (χ1n) is 6.07. The summed E-state index contributed by atoms with van der Waals surface area (Å²) >= 11 is 0. The number of amides is 1. The standard InChI is InChI=1S/C14H20NO/c1-2-3-4-8-11-15-14(16)12-13-9-6-5-7-10-13/h5-7,9-10H,2-4,8,11-12H2,1H3. The first kappa shape index (κ1) is 12.8. The predicted molar refractivity (Wildman–Crippen MR) is 66.3 cm³/mol. The summed E-state index contributed by atoms with van der Waals surface area (Å²) in [6.07, 6.45) is 5.11. The van der Waals surface area contributed by atoms with Gasteiger partial charge in [-0.05, 0) is 12.0 Å². The zero-order valence-electron chi connectivity index (χ0n) is 9.98. The Morgan fingerprint density at radius 3 is 2.56 bits per heavy atom. The molecule has 0 heterocycles. The number of carbonyl (C=O) groups is 1. The van der Waals surface area contributed by atoms with E-state index in [0.717, 1.165) is 12.0 Å². The molecule has 0 unspecified atom stereocenters. The molecule has 1 radical (unpaired) electrons. The number of rotatable bonds is 7. The van der Waals surface area contributed by atoms with E-state index in [4.69, 9.17) is 0 Å². The van der Waals surface area contributed by atoms with Crippen molar-refractivity contribution >= 4 is 5.91 Å². The van der Waals surface area contributed by atoms with Crippen LogP contribution in [0, 0.1) is 0 Å². The lowest BCUT2D eigenvalue weighted by Crippen LogP contribution is -2.18. The number of hydrogen-bond acceptors (Lipinski definition) is 1. The first-order valence-corrected chi connectivity index (χ1v) is 6.07. The van der Waals surface area contributed by atoms with E-state index in [-0.39, 0.29) is 5.91 Å². The number of unbranched alkanes of at least 4 members (excludes halogenated alkanes) is 3. The zero-order valence-corrected chi connectivity index (χ0v) is 9.98. The molecule has 0 fully saturated rings. The summed E-state index contributed by atoms with van der Waals surface area (Å²) in [6, 6.07) is 9.78. The lowest BCUT2D eigenvalue weighted by Gasteiger charge is -2.02. The Morgan fingerprint density at radius 2 is 1.88 bits per heavy atom. The van der Waals surface area contributed by atoms with Crippen LogP contribution in [0.1, 0.15) is 38.2 Å². The number of nitrogens with zero attached hydrogens (tertiary/aromatic N) is 1. The molecule has 0 bridgehead atoms. The highest BCUT2D eigenvalue weighted by molar-refractivity contribution is 5.78. The molecule has 0 atom stereocenters. The second kappa shape index (κ2) is 7.91. The molecule has 2 heteroatoms. The van der Waals surface area contributed by atoms with E-state index in [1.807, 2.05) is 30.3 Å². The van der Waals surface area contributed by atoms with Crippen LogP contribution in [0.15, 0.2) is 30.3 Å². The van der Waals surface area contributed by atoms with Crippen LogP contribution in [0.25, 0.3) is 0 Å². The van der Waals surface area contributed by atoms with E-state index in [1.165, 1.54) is 19.3 Å². The van der Waals surface area contributed by atoms with E-state index in [9.17, 15) is 4.79 Å². The maximum Gasteiger partial charge on any atom is 0.245 e. The minimum atomic E-state index is 0.00250. The normalized spacial score (nSPS) is 10.1. The molecule has 0 aliphatic rings. The summed E-state index contributed by atoms with van der Waals surface area (Å²) < 4.78 is 0. The Bertz CT molecular complexity index is 295. The molecular formula is C14H20NO. The molecule has 0 spiro atoms. The summed E-state index contributed by atoms with van der Waals surface area (Å²) in [5.41, 5.74) is 1.05. The van der Waals surface area contributed by atoms with Crippen LogP contribution in [-0.4, -0.2) is 12.5 Å². The molecular weight excluding hydrogens is 198 g/mol. The topological polar surface area (TPSA) is 31.2 Å². The van der Waals surface area contributed by atoms with Crippen molar-refractivity contribution in [1.29, 1.82) is 0 Å². The van der Waals surface area contributed by atoms with Gasteiger partial charge in [-0.1, -0.05) is 56.5 Å². The smallest absolute Gasteiger partial charge is 0.245 e. The summed E-state index contributed by atoms with van der Waals surface area (Å²) in [5.74, 6) is 0.00250. The lowest BCUT2D eigenvalue weighted by atomic mass is 10.1. The van der Waals surface area contributed by atoms with Crippen LogP contribution in [0.5, 0.6) is 0 Å². The van der Waals surface area contributed by atoms with Gasteiger partial charge in [0.1, 0.15) is 0 Å². The minimum Gasteiger partial charge on any atom is -0.273 e. The summed E-state index contributed by atoms with van der Waals surface area (Å²) in [5, 5.41) is 4.05. The van der Waals surface area contributed by atoms with Gasteiger partial charge in [0.2, 0.25) is 5.91 Å². The molecule has 2 nitrogen and oxygen atoms in total. The van der Waals surface area contributed by atoms with E-state index in [2.05, 4.69) is 12.2 Å². The maximum atomic E-state index is 11.5. The third kappa shape index (κ3) is 5.54. The largest absolute Gasteiger partial charge is 0.273 e. The molecule has 1 aromatic carbocycles. The third-order valence-corrected chi connectivity index (χ3v) is 2.50. The molecule has 87 valence electrons. The van der Waals surface area contributed by atoms with Gasteiger partial charge in [0.25, 0.3) is 0 Å². The van der Waals surface area contributed by atoms with Gasteiger partial charge in [0.15, 0.2) is 0 Å². The fourth-order valence-corrected chi connectivity index (χ4v) is 1.57. The first-order chi connectivity index (χ1) is 7.83. The number of benzene rings is 1. The second-order valence-electron chi connectivity index (χ2n) is 4.00. The summed E-state index contributed by atoms with van der Waals surface area (Å²) in [7, 11) is 0. The van der Waals surface area contributed by atoms with Crippen molar-refractivity contribution in [2.75, 3.05) is 6.54 Å². The van der Waals surface area contributed by atoms with Crippen molar-refractivity contribution in [3.63, 3.8) is 0 Å². The van der Waals surface area contributed by atoms with Gasteiger partial charge in [-0.3, -0.25) is 10.1 Å². The Hall–Kier alpha value is -1.31. The van der Waals surface area contributed by atoms with Crippen molar-refractivity contribution in [2.24, 2.45) is 0 Å². The van der Waals surface area contributed by atoms with Gasteiger partial charge in [0, 0.05) is 6.54 Å². The van der Waals surface area contributed by atoms with Gasteiger partial charge in [0.05, 0.1) is 6.42 Å². The molecule has 0 aliphatic heterocycles. The fourth-order valence-electron chi connectivity index (χ4n) is 1.57. The van der Waals surface area contributed by atoms with E-state index < -0.39 is 0 Å². The van der Waals surface area contributed by atoms with Gasteiger partial charge in [-0.25, -0.2) is 0 Å². The predicted octanol–water partition coefficient (Wildman–Crippen LogP) is 2.94. The van der Waals surface area contributed by atoms with E-state index in [1.54, 1.807) is 0 Å². The highest BCUT2D eigenvalue weighted by atomic mass is 16.1. The molecule has 1 aromatic rings. The van der Waals surface area contributed by atoms with Crippen molar-refractivity contribution < 1.29 is 4.79 Å². The van der Waals surface area contributed by atoms with Crippen LogP contribution in [-0.2, 0) is 11.2 Å². The highest BCUT2D eigenvalue weighted by Crippen LogP contribution is 2.01. The van der Waals surface area contributed by atoms with Crippen LogP contribution < -0.4 is 5.32 Å². The zero-order chi connectivity index (χ0) is 11.6. The highest BCUT2D eigenvalue weighted by Gasteiger charge is 2.03. The average molecular weight is 218 g/mol. The van der Waals surface area contributed by atoms with Gasteiger partial charge in [-0.15, -0.1) is 0 Å². The number of hydrogen-bond donors (Lipinski definition) is 0. The van der Waals surface area contributed by atoms with E-state index in [0.29, 0.717) is 13.0 Å². The van der Waals surface area contributed by atoms with Crippen molar-refractivity contribution in [3.05, 3.63) is 35.9 Å². The molecule has 16 heavy (non-hydrogen) atoms. The van der Waals surface area contributed by atoms with Gasteiger partial charge in [-0.2, -0.15) is 0 Å². The summed E-state index contributed by atoms with van der Waals surface area (Å²) in [6.45, 7) is 2.86. The Morgan fingerprint density at radius 1 is 1.12 bits per heavy atom. The molecule has 1 amide bonds. The average Bonchev–Trinajstić information content (AvgIpc) is 2.30. The second-order valence-corrected chi connectivity index (χ2v) is 4.00. The van der Waals surface area contributed by atoms with Crippen molar-refractivity contribution in [3.8, 4) is 0 Å². The number of carbonyl (C=O) groups excluding carboxylic acids is 1. The lowest BCUT2D eigenvalue weighted by molar-refractivity contribution is -0.120. The van der Waals surface area contributed by atoms with Crippen molar-refractivity contribution in [1.82, 2.24) is 5.32 Å². The Balaban J connectivity index is 2.12. The van der Waals surface area contributed by atoms with Crippen LogP contribution in [0.4, 0.5) is 0 Å². The minimum absolute atomic E-state index is 0.00250. The van der Waals surface area contributed by atoms with Crippen LogP contribution >= 0.6 is 0 Å². The molecule has 0 saturated carbocycles. The van der Waals surface area contributed by atoms with Crippen molar-refractivity contribution in [2.45, 2.75) is 39.0 Å². The SMILES string of the molecule is CCCCCC[N]C(=O)Cc1ccccc1. The monoisotopic (exact) mass is 218 g/mol. The van der Waals surface area contributed by atoms with Crippen LogP contribution in [0.2, 0.25) is 0 Å². The molecule has 0 aliphatic carbocycles. The van der Waals surface area contributed by atoms with Gasteiger partial charge < -0.3 is 0 Å². The fraction of sp³-hybridized carbons (Fsp3) is 0.500. The maximum absolute atomic E-state index is 11.5. The molecule has 0 aromatic heterocycles. The Kier molecular flexibility index (Phi) is 6.31. The molecule has 0 N–H and O–H groups in total. The quantitative estimate of drug-likeness (QED) is 0.647.